The molecule has 1 aliphatic carbocycles. The number of phenols is 1. The van der Waals surface area contributed by atoms with Crippen LogP contribution in [0.1, 0.15) is 45.1 Å². The van der Waals surface area contributed by atoms with Crippen LogP contribution in [0.4, 0.5) is 4.39 Å². The van der Waals surface area contributed by atoms with E-state index in [0.29, 0.717) is 0 Å². The molecular weight excluding hydrogens is 229 g/mol. The fourth-order valence-corrected chi connectivity index (χ4v) is 2.02. The molecule has 0 heterocycles. The molecule has 18 heavy (non-hydrogen) atoms. The molecule has 3 heteroatoms. The maximum Gasteiger partial charge on any atom is 0.144 e. The molecule has 1 saturated carbocycles. The van der Waals surface area contributed by atoms with Gasteiger partial charge in [0.2, 0.25) is 0 Å². The molecule has 1 fully saturated rings. The second-order valence-electron chi connectivity index (χ2n) is 5.14. The van der Waals surface area contributed by atoms with Crippen LogP contribution in [0.15, 0.2) is 18.2 Å². The Morgan fingerprint density at radius 3 is 2.06 bits per heavy atom. The van der Waals surface area contributed by atoms with Crippen molar-refractivity contribution in [2.24, 2.45) is 11.8 Å². The summed E-state index contributed by atoms with van der Waals surface area (Å²) in [6.45, 7) is 4.73. The predicted octanol–water partition coefficient (Wildman–Crippen LogP) is 4.24. The number of rotatable bonds is 0. The molecule has 1 aliphatic rings. The van der Waals surface area contributed by atoms with Gasteiger partial charge >= 0.3 is 0 Å². The van der Waals surface area contributed by atoms with Crippen LogP contribution in [-0.4, -0.2) is 5.11 Å². The second-order valence-corrected chi connectivity index (χ2v) is 5.14. The molecule has 98 valence electrons. The molecule has 0 atom stereocenters. The van der Waals surface area contributed by atoms with Crippen LogP contribution in [0, 0.1) is 29.0 Å². The molecule has 0 bridgehead atoms. The Morgan fingerprint density at radius 2 is 1.67 bits per heavy atom. The quantitative estimate of drug-likeness (QED) is 0.747. The average Bonchev–Trinajstić information content (AvgIpc) is 2.34. The minimum Gasteiger partial charge on any atom is -0.508 e. The van der Waals surface area contributed by atoms with Gasteiger partial charge in [-0.1, -0.05) is 39.5 Å². The highest BCUT2D eigenvalue weighted by atomic mass is 19.1. The van der Waals surface area contributed by atoms with Gasteiger partial charge in [-0.25, -0.2) is 4.39 Å². The van der Waals surface area contributed by atoms with E-state index >= 15 is 0 Å². The lowest BCUT2D eigenvalue weighted by molar-refractivity contribution is 0.308. The number of hydrogen-bond donors (Lipinski definition) is 1. The van der Waals surface area contributed by atoms with Gasteiger partial charge in [-0.15, -0.1) is 0 Å². The molecule has 0 aromatic heterocycles. The molecule has 1 aromatic carbocycles. The third kappa shape index (κ3) is 4.75. The highest BCUT2D eigenvalue weighted by Crippen LogP contribution is 2.27. The van der Waals surface area contributed by atoms with Crippen molar-refractivity contribution in [3.63, 3.8) is 0 Å². The van der Waals surface area contributed by atoms with Crippen molar-refractivity contribution in [1.82, 2.24) is 0 Å². The van der Waals surface area contributed by atoms with Gasteiger partial charge in [0.15, 0.2) is 0 Å². The van der Waals surface area contributed by atoms with Crippen LogP contribution in [0.3, 0.4) is 0 Å². The Kier molecular flexibility index (Phi) is 5.64. The number of aromatic hydroxyl groups is 1. The zero-order valence-electron chi connectivity index (χ0n) is 11.0. The zero-order chi connectivity index (χ0) is 13.5. The number of nitriles is 1. The molecule has 0 spiro atoms. The fraction of sp³-hybridized carbons (Fsp3) is 0.533. The summed E-state index contributed by atoms with van der Waals surface area (Å²) in [6, 6.07) is 5.03. The molecule has 0 amide bonds. The maximum absolute atomic E-state index is 12.5. The molecule has 1 N–H and O–H groups in total. The summed E-state index contributed by atoms with van der Waals surface area (Å²) in [6.07, 6.45) is 5.89. The van der Waals surface area contributed by atoms with Crippen LogP contribution in [-0.2, 0) is 0 Å². The first kappa shape index (κ1) is 14.5. The lowest BCUT2D eigenvalue weighted by Crippen LogP contribution is -2.08. The third-order valence-electron chi connectivity index (χ3n) is 3.38. The number of halogens is 1. The molecule has 0 saturated heterocycles. The Balaban J connectivity index is 0.000000184. The first-order valence-corrected chi connectivity index (χ1v) is 6.41. The molecule has 0 aliphatic heterocycles. The van der Waals surface area contributed by atoms with Crippen LogP contribution in [0.2, 0.25) is 0 Å². The Labute approximate surface area is 108 Å². The first-order chi connectivity index (χ1) is 8.52. The van der Waals surface area contributed by atoms with Crippen molar-refractivity contribution in [3.05, 3.63) is 29.6 Å². The summed E-state index contributed by atoms with van der Waals surface area (Å²) in [5.41, 5.74) is -0.0576. The number of benzene rings is 1. The maximum atomic E-state index is 12.5. The van der Waals surface area contributed by atoms with Crippen LogP contribution < -0.4 is 0 Å². The number of hydrogen-bond acceptors (Lipinski definition) is 2. The lowest BCUT2D eigenvalue weighted by Gasteiger charge is -2.22. The Morgan fingerprint density at radius 1 is 1.17 bits per heavy atom. The standard InChI is InChI=1S/C8H16.C7H4FNO/c1-7-3-5-8(2)6-4-7;8-7-3-6(10)2-1-5(7)4-9/h7-8H,3-6H2,1-2H3;1-3,10H. The normalized spacial score (nSPS) is 22.6. The molecule has 0 radical (unpaired) electrons. The van der Waals surface area contributed by atoms with Crippen molar-refractivity contribution >= 4 is 0 Å². The molecule has 2 nitrogen and oxygen atoms in total. The van der Waals surface area contributed by atoms with E-state index in [1.54, 1.807) is 6.07 Å². The van der Waals surface area contributed by atoms with Crippen LogP contribution in [0.25, 0.3) is 0 Å². The monoisotopic (exact) mass is 249 g/mol. The van der Waals surface area contributed by atoms with Crippen molar-refractivity contribution in [2.45, 2.75) is 39.5 Å². The van der Waals surface area contributed by atoms with Gasteiger partial charge in [-0.3, -0.25) is 0 Å². The first-order valence-electron chi connectivity index (χ1n) is 6.41. The average molecular weight is 249 g/mol. The largest absolute Gasteiger partial charge is 0.508 e. The summed E-state index contributed by atoms with van der Waals surface area (Å²) in [7, 11) is 0. The van der Waals surface area contributed by atoms with Gasteiger partial charge in [-0.2, -0.15) is 5.26 Å². The summed E-state index contributed by atoms with van der Waals surface area (Å²) >= 11 is 0. The minimum absolute atomic E-state index is 0.0576. The zero-order valence-corrected chi connectivity index (χ0v) is 11.0. The van der Waals surface area contributed by atoms with E-state index in [4.69, 9.17) is 10.4 Å². The summed E-state index contributed by atoms with van der Waals surface area (Å²) < 4.78 is 12.5. The van der Waals surface area contributed by atoms with Gasteiger partial charge in [0.25, 0.3) is 0 Å². The Hall–Kier alpha value is -1.56. The third-order valence-corrected chi connectivity index (χ3v) is 3.38. The molecular formula is C15H20FNO. The van der Waals surface area contributed by atoms with Gasteiger partial charge in [-0.05, 0) is 24.0 Å². The second kappa shape index (κ2) is 7.00. The molecule has 1 aromatic rings. The van der Waals surface area contributed by atoms with E-state index in [0.717, 1.165) is 17.9 Å². The SMILES string of the molecule is CC1CCC(C)CC1.N#Cc1ccc(O)cc1F. The van der Waals surface area contributed by atoms with Gasteiger partial charge in [0.05, 0.1) is 5.56 Å². The van der Waals surface area contributed by atoms with E-state index in [2.05, 4.69) is 13.8 Å². The smallest absolute Gasteiger partial charge is 0.144 e. The van der Waals surface area contributed by atoms with E-state index in [-0.39, 0.29) is 11.3 Å². The van der Waals surface area contributed by atoms with E-state index in [9.17, 15) is 4.39 Å². The van der Waals surface area contributed by atoms with Crippen LogP contribution in [0.5, 0.6) is 5.75 Å². The van der Waals surface area contributed by atoms with E-state index in [1.807, 2.05) is 0 Å². The predicted molar refractivity (Wildman–Crippen MR) is 69.6 cm³/mol. The highest BCUT2D eigenvalue weighted by Gasteiger charge is 2.13. The highest BCUT2D eigenvalue weighted by molar-refractivity contribution is 5.35. The number of nitrogens with zero attached hydrogens (tertiary/aromatic N) is 1. The fourth-order valence-electron chi connectivity index (χ4n) is 2.02. The summed E-state index contributed by atoms with van der Waals surface area (Å²) in [5, 5.41) is 16.9. The van der Waals surface area contributed by atoms with Gasteiger partial charge in [0.1, 0.15) is 17.6 Å². The minimum atomic E-state index is -0.692. The van der Waals surface area contributed by atoms with E-state index in [1.165, 1.54) is 37.8 Å². The Bertz CT molecular complexity index is 407. The van der Waals surface area contributed by atoms with Crippen molar-refractivity contribution in [2.75, 3.05) is 0 Å². The van der Waals surface area contributed by atoms with Gasteiger partial charge < -0.3 is 5.11 Å². The molecule has 0 unspecified atom stereocenters. The lowest BCUT2D eigenvalue weighted by atomic mass is 9.84. The van der Waals surface area contributed by atoms with Crippen molar-refractivity contribution in [1.29, 1.82) is 5.26 Å². The topological polar surface area (TPSA) is 44.0 Å². The summed E-state index contributed by atoms with van der Waals surface area (Å²) in [4.78, 5) is 0. The van der Waals surface area contributed by atoms with Crippen molar-refractivity contribution in [3.8, 4) is 11.8 Å². The molecule has 2 rings (SSSR count). The number of phenolic OH excluding ortho intramolecular Hbond substituents is 1. The van der Waals surface area contributed by atoms with Crippen molar-refractivity contribution < 1.29 is 9.50 Å². The van der Waals surface area contributed by atoms with Crippen LogP contribution >= 0.6 is 0 Å². The van der Waals surface area contributed by atoms with E-state index < -0.39 is 5.82 Å². The van der Waals surface area contributed by atoms with Gasteiger partial charge in [0, 0.05) is 6.07 Å². The summed E-state index contributed by atoms with van der Waals surface area (Å²) in [5.74, 6) is 1.18.